The summed E-state index contributed by atoms with van der Waals surface area (Å²) in [5.41, 5.74) is 6.91. The summed E-state index contributed by atoms with van der Waals surface area (Å²) in [5, 5.41) is 2.80. The largest absolute Gasteiger partial charge is 0.573 e. The van der Waals surface area contributed by atoms with Crippen LogP contribution in [0.3, 0.4) is 0 Å². The fraction of sp³-hybridized carbons (Fsp3) is 0.316. The first-order chi connectivity index (χ1) is 13.7. The highest BCUT2D eigenvalue weighted by Crippen LogP contribution is 2.26. The second-order valence-electron chi connectivity index (χ2n) is 6.62. The van der Waals surface area contributed by atoms with Gasteiger partial charge in [-0.2, -0.15) is 0 Å². The van der Waals surface area contributed by atoms with E-state index < -0.39 is 18.0 Å². The van der Waals surface area contributed by atoms with Crippen LogP contribution in [0.15, 0.2) is 47.5 Å². The van der Waals surface area contributed by atoms with Crippen molar-refractivity contribution in [3.05, 3.63) is 54.1 Å². The van der Waals surface area contributed by atoms with E-state index in [1.165, 1.54) is 36.4 Å². The lowest BCUT2D eigenvalue weighted by Crippen LogP contribution is -2.25. The predicted molar refractivity (Wildman–Crippen MR) is 115 cm³/mol. The monoisotopic (exact) mass is 542 g/mol. The smallest absolute Gasteiger partial charge is 0.406 e. The van der Waals surface area contributed by atoms with Gasteiger partial charge in [0.2, 0.25) is 0 Å². The minimum atomic E-state index is -4.75. The van der Waals surface area contributed by atoms with Gasteiger partial charge >= 0.3 is 6.36 Å². The second-order valence-corrected chi connectivity index (χ2v) is 6.62. The molecule has 0 spiro atoms. The number of aliphatic imine (C=N–C) groups is 1. The number of halogens is 6. The molecule has 1 aliphatic heterocycles. The van der Waals surface area contributed by atoms with E-state index in [0.717, 1.165) is 12.5 Å². The average molecular weight is 542 g/mol. The first-order valence-corrected chi connectivity index (χ1v) is 8.82. The van der Waals surface area contributed by atoms with Gasteiger partial charge in [-0.1, -0.05) is 0 Å². The zero-order valence-electron chi connectivity index (χ0n) is 15.6. The van der Waals surface area contributed by atoms with Crippen LogP contribution in [0.2, 0.25) is 0 Å². The molecule has 0 bridgehead atoms. The highest BCUT2D eigenvalue weighted by molar-refractivity contribution is 14.0. The maximum Gasteiger partial charge on any atom is 0.573 e. The van der Waals surface area contributed by atoms with Crippen molar-refractivity contribution in [2.24, 2.45) is 16.6 Å². The van der Waals surface area contributed by atoms with Gasteiger partial charge in [-0.15, -0.1) is 37.1 Å². The summed E-state index contributed by atoms with van der Waals surface area (Å²) in [7, 11) is 0. The third-order valence-corrected chi connectivity index (χ3v) is 4.43. The van der Waals surface area contributed by atoms with Gasteiger partial charge in [-0.05, 0) is 48.7 Å². The summed E-state index contributed by atoms with van der Waals surface area (Å²) >= 11 is 0. The van der Waals surface area contributed by atoms with Crippen LogP contribution in [0.5, 0.6) is 5.75 Å². The molecule has 2 aromatic carbocycles. The van der Waals surface area contributed by atoms with Crippen molar-refractivity contribution in [2.45, 2.75) is 12.8 Å². The number of guanidine groups is 1. The molecule has 1 heterocycles. The molecule has 1 saturated heterocycles. The molecule has 5 nitrogen and oxygen atoms in total. The molecule has 11 heteroatoms. The predicted octanol–water partition coefficient (Wildman–Crippen LogP) is 4.73. The number of nitrogens with zero attached hydrogens (tertiary/aromatic N) is 2. The second kappa shape index (κ2) is 10.1. The van der Waals surface area contributed by atoms with E-state index in [9.17, 15) is 22.0 Å². The minimum absolute atomic E-state index is 0. The van der Waals surface area contributed by atoms with Gasteiger partial charge in [-0.3, -0.25) is 4.99 Å². The van der Waals surface area contributed by atoms with Crippen LogP contribution in [0.25, 0.3) is 0 Å². The molecule has 3 rings (SSSR count). The summed E-state index contributed by atoms with van der Waals surface area (Å²) in [6.45, 7) is 1.75. The SMILES string of the molecule is I.NC(=NCC1CCN(c2ccc(F)c(F)c2)C1)Nc1ccc(OC(F)(F)F)cc1. The van der Waals surface area contributed by atoms with Crippen molar-refractivity contribution in [3.8, 4) is 5.75 Å². The maximum absolute atomic E-state index is 13.4. The molecule has 0 radical (unpaired) electrons. The molecule has 0 saturated carbocycles. The molecule has 0 aromatic heterocycles. The summed E-state index contributed by atoms with van der Waals surface area (Å²) in [5.74, 6) is -1.79. The molecule has 1 fully saturated rings. The summed E-state index contributed by atoms with van der Waals surface area (Å²) in [6.07, 6.45) is -3.93. The van der Waals surface area contributed by atoms with E-state index in [-0.39, 0.29) is 41.6 Å². The standard InChI is InChI=1S/C19H19F5N4O.HI/c20-16-6-3-14(9-17(16)21)28-8-7-12(11-28)10-26-18(25)27-13-1-4-15(5-2-13)29-19(22,23)24;/h1-6,9,12H,7-8,10-11H2,(H3,25,26,27);1H. The van der Waals surface area contributed by atoms with Gasteiger partial charge in [0.25, 0.3) is 0 Å². The minimum Gasteiger partial charge on any atom is -0.406 e. The van der Waals surface area contributed by atoms with Crippen LogP contribution in [0.1, 0.15) is 6.42 Å². The van der Waals surface area contributed by atoms with E-state index in [1.807, 2.05) is 4.90 Å². The molecule has 0 aliphatic carbocycles. The Labute approximate surface area is 187 Å². The van der Waals surface area contributed by atoms with Gasteiger partial charge < -0.3 is 20.7 Å². The molecule has 30 heavy (non-hydrogen) atoms. The van der Waals surface area contributed by atoms with Crippen LogP contribution < -0.4 is 20.7 Å². The third kappa shape index (κ3) is 6.89. The van der Waals surface area contributed by atoms with Crippen molar-refractivity contribution < 1.29 is 26.7 Å². The molecule has 1 unspecified atom stereocenters. The lowest BCUT2D eigenvalue weighted by Gasteiger charge is -2.18. The van der Waals surface area contributed by atoms with E-state index >= 15 is 0 Å². The highest BCUT2D eigenvalue weighted by Gasteiger charge is 2.31. The molecular formula is C19H20F5IN4O. The van der Waals surface area contributed by atoms with Crippen LogP contribution in [-0.4, -0.2) is 32.0 Å². The Balaban J connectivity index is 0.00000320. The number of alkyl halides is 3. The fourth-order valence-corrected chi connectivity index (χ4v) is 3.05. The van der Waals surface area contributed by atoms with E-state index in [1.54, 1.807) is 0 Å². The van der Waals surface area contributed by atoms with Crippen LogP contribution >= 0.6 is 24.0 Å². The highest BCUT2D eigenvalue weighted by atomic mass is 127. The molecule has 0 amide bonds. The molecule has 1 aliphatic rings. The summed E-state index contributed by atoms with van der Waals surface area (Å²) in [4.78, 5) is 6.20. The summed E-state index contributed by atoms with van der Waals surface area (Å²) in [6, 6.07) is 8.92. The number of ether oxygens (including phenoxy) is 1. The number of hydrogen-bond acceptors (Lipinski definition) is 3. The lowest BCUT2D eigenvalue weighted by molar-refractivity contribution is -0.274. The Morgan fingerprint density at radius 1 is 1.13 bits per heavy atom. The molecule has 3 N–H and O–H groups in total. The number of rotatable bonds is 5. The van der Waals surface area contributed by atoms with E-state index in [4.69, 9.17) is 5.73 Å². The normalized spacial score (nSPS) is 16.9. The number of hydrogen-bond donors (Lipinski definition) is 2. The number of nitrogens with one attached hydrogen (secondary N) is 1. The van der Waals surface area contributed by atoms with Gasteiger partial charge in [0.15, 0.2) is 17.6 Å². The number of nitrogens with two attached hydrogens (primary N) is 1. The van der Waals surface area contributed by atoms with E-state index in [2.05, 4.69) is 15.0 Å². The van der Waals surface area contributed by atoms with E-state index in [0.29, 0.717) is 31.0 Å². The maximum atomic E-state index is 13.4. The van der Waals surface area contributed by atoms with Crippen molar-refractivity contribution in [2.75, 3.05) is 29.9 Å². The average Bonchev–Trinajstić information content (AvgIpc) is 3.12. The third-order valence-electron chi connectivity index (χ3n) is 4.43. The fourth-order valence-electron chi connectivity index (χ4n) is 3.05. The van der Waals surface area contributed by atoms with Gasteiger partial charge in [0.05, 0.1) is 0 Å². The molecular weight excluding hydrogens is 522 g/mol. The Morgan fingerprint density at radius 2 is 1.83 bits per heavy atom. The van der Waals surface area contributed by atoms with Gasteiger partial charge in [0, 0.05) is 37.1 Å². The zero-order chi connectivity index (χ0) is 21.0. The summed E-state index contributed by atoms with van der Waals surface area (Å²) < 4.78 is 66.7. The molecule has 164 valence electrons. The van der Waals surface area contributed by atoms with Gasteiger partial charge in [0.1, 0.15) is 5.75 Å². The van der Waals surface area contributed by atoms with Crippen molar-refractivity contribution >= 4 is 41.3 Å². The molecule has 1 atom stereocenters. The lowest BCUT2D eigenvalue weighted by atomic mass is 10.1. The number of benzene rings is 2. The Kier molecular flexibility index (Phi) is 8.10. The first kappa shape index (κ1) is 24.0. The Hall–Kier alpha value is -2.31. The van der Waals surface area contributed by atoms with Crippen molar-refractivity contribution in [1.29, 1.82) is 0 Å². The number of anilines is 2. The van der Waals surface area contributed by atoms with Crippen LogP contribution in [0.4, 0.5) is 33.3 Å². The van der Waals surface area contributed by atoms with Crippen LogP contribution in [0, 0.1) is 17.6 Å². The molecule has 2 aromatic rings. The zero-order valence-corrected chi connectivity index (χ0v) is 18.0. The quantitative estimate of drug-likeness (QED) is 0.248. The Morgan fingerprint density at radius 3 is 2.47 bits per heavy atom. The van der Waals surface area contributed by atoms with Gasteiger partial charge in [-0.25, -0.2) is 8.78 Å². The van der Waals surface area contributed by atoms with Crippen LogP contribution in [-0.2, 0) is 0 Å². The van der Waals surface area contributed by atoms with Crippen molar-refractivity contribution in [1.82, 2.24) is 0 Å². The van der Waals surface area contributed by atoms with Crippen molar-refractivity contribution in [3.63, 3.8) is 0 Å². The first-order valence-electron chi connectivity index (χ1n) is 8.82. The topological polar surface area (TPSA) is 62.9 Å². The Bertz CT molecular complexity index is 876.